The lowest BCUT2D eigenvalue weighted by molar-refractivity contribution is -0.122. The molecular weight excluding hydrogens is 168 g/mol. The van der Waals surface area contributed by atoms with Gasteiger partial charge in [0.05, 0.1) is 12.1 Å². The zero-order valence-electron chi connectivity index (χ0n) is 8.23. The zero-order valence-corrected chi connectivity index (χ0v) is 8.23. The van der Waals surface area contributed by atoms with Crippen molar-refractivity contribution in [2.24, 2.45) is 11.7 Å². The molecule has 1 amide bonds. The Morgan fingerprint density at radius 2 is 2.23 bits per heavy atom. The van der Waals surface area contributed by atoms with Gasteiger partial charge < -0.3 is 10.8 Å². The van der Waals surface area contributed by atoms with E-state index in [2.05, 4.69) is 0 Å². The van der Waals surface area contributed by atoms with E-state index < -0.39 is 0 Å². The van der Waals surface area contributed by atoms with Crippen molar-refractivity contribution >= 4 is 5.91 Å². The molecule has 76 valence electrons. The van der Waals surface area contributed by atoms with Crippen LogP contribution in [0.3, 0.4) is 0 Å². The predicted molar refractivity (Wildman–Crippen MR) is 50.0 cm³/mol. The Morgan fingerprint density at radius 3 is 2.62 bits per heavy atom. The van der Waals surface area contributed by atoms with E-state index >= 15 is 0 Å². The van der Waals surface area contributed by atoms with Crippen LogP contribution in [-0.4, -0.2) is 41.7 Å². The fourth-order valence-corrected chi connectivity index (χ4v) is 1.63. The van der Waals surface area contributed by atoms with Crippen LogP contribution in [0, 0.1) is 5.92 Å². The molecule has 1 fully saturated rings. The van der Waals surface area contributed by atoms with E-state index in [4.69, 9.17) is 10.8 Å². The summed E-state index contributed by atoms with van der Waals surface area (Å²) in [5, 5.41) is 9.07. The molecule has 0 aromatic rings. The number of carbonyl (C=O) groups excluding carboxylic acids is 1. The van der Waals surface area contributed by atoms with Gasteiger partial charge in [-0.15, -0.1) is 0 Å². The maximum atomic E-state index is 10.8. The van der Waals surface area contributed by atoms with Gasteiger partial charge in [-0.2, -0.15) is 0 Å². The second-order valence-corrected chi connectivity index (χ2v) is 4.01. The largest absolute Gasteiger partial charge is 0.393 e. The normalized spacial score (nSPS) is 29.8. The number of hydrogen-bond donors (Lipinski definition) is 2. The molecule has 0 aliphatic heterocycles. The summed E-state index contributed by atoms with van der Waals surface area (Å²) >= 11 is 0. The Morgan fingerprint density at radius 1 is 1.69 bits per heavy atom. The van der Waals surface area contributed by atoms with Crippen molar-refractivity contribution in [1.29, 1.82) is 0 Å². The monoisotopic (exact) mass is 186 g/mol. The third kappa shape index (κ3) is 2.67. The van der Waals surface area contributed by atoms with Gasteiger partial charge in [0.25, 0.3) is 0 Å². The number of aliphatic hydroxyl groups is 1. The van der Waals surface area contributed by atoms with Gasteiger partial charge in [0.1, 0.15) is 0 Å². The van der Waals surface area contributed by atoms with E-state index in [-0.39, 0.29) is 18.1 Å². The lowest BCUT2D eigenvalue weighted by Crippen LogP contribution is -2.45. The van der Waals surface area contributed by atoms with Gasteiger partial charge in [-0.25, -0.2) is 0 Å². The topological polar surface area (TPSA) is 66.6 Å². The Bertz CT molecular complexity index is 190. The van der Waals surface area contributed by atoms with E-state index in [1.807, 2.05) is 11.9 Å². The molecule has 13 heavy (non-hydrogen) atoms. The van der Waals surface area contributed by atoms with Crippen LogP contribution in [0.5, 0.6) is 0 Å². The molecule has 0 saturated heterocycles. The molecule has 1 atom stereocenters. The predicted octanol–water partition coefficient (Wildman–Crippen LogP) is -0.437. The van der Waals surface area contributed by atoms with Crippen molar-refractivity contribution in [3.05, 3.63) is 0 Å². The number of likely N-dealkylation sites (N-methyl/N-ethyl adjacent to an activating group) is 1. The van der Waals surface area contributed by atoms with Crippen molar-refractivity contribution in [3.8, 4) is 0 Å². The van der Waals surface area contributed by atoms with Crippen molar-refractivity contribution < 1.29 is 9.90 Å². The number of carbonyl (C=O) groups is 1. The molecule has 0 aromatic carbocycles. The Balaban J connectivity index is 2.24. The third-order valence-corrected chi connectivity index (χ3v) is 2.83. The molecule has 4 heteroatoms. The minimum absolute atomic E-state index is 0.123. The standard InChI is InChI=1S/C9H18N2O2/c1-6(9(10)13)11(2)5-7-3-8(12)4-7/h6-8,12H,3-5H2,1-2H3,(H2,10,13). The molecule has 0 bridgehead atoms. The average Bonchev–Trinajstić information content (AvgIpc) is 2.00. The van der Waals surface area contributed by atoms with Crippen molar-refractivity contribution in [1.82, 2.24) is 4.90 Å². The summed E-state index contributed by atoms with van der Waals surface area (Å²) in [6.45, 7) is 2.65. The van der Waals surface area contributed by atoms with Crippen LogP contribution in [0.15, 0.2) is 0 Å². The third-order valence-electron chi connectivity index (χ3n) is 2.83. The van der Waals surface area contributed by atoms with Crippen LogP contribution in [0.4, 0.5) is 0 Å². The fraction of sp³-hybridized carbons (Fsp3) is 0.889. The molecule has 0 spiro atoms. The van der Waals surface area contributed by atoms with E-state index in [1.54, 1.807) is 6.92 Å². The Kier molecular flexibility index (Phi) is 3.27. The van der Waals surface area contributed by atoms with E-state index in [9.17, 15) is 4.79 Å². The van der Waals surface area contributed by atoms with E-state index in [1.165, 1.54) is 0 Å². The van der Waals surface area contributed by atoms with Gasteiger partial charge in [-0.05, 0) is 32.7 Å². The summed E-state index contributed by atoms with van der Waals surface area (Å²) in [5.41, 5.74) is 5.17. The summed E-state index contributed by atoms with van der Waals surface area (Å²) < 4.78 is 0. The maximum Gasteiger partial charge on any atom is 0.234 e. The number of aliphatic hydroxyl groups excluding tert-OH is 1. The zero-order chi connectivity index (χ0) is 10.0. The quantitative estimate of drug-likeness (QED) is 0.625. The molecule has 0 aromatic heterocycles. The molecule has 1 aliphatic carbocycles. The summed E-state index contributed by atoms with van der Waals surface area (Å²) in [6, 6.07) is -0.210. The smallest absolute Gasteiger partial charge is 0.234 e. The molecule has 1 aliphatic rings. The summed E-state index contributed by atoms with van der Waals surface area (Å²) in [7, 11) is 1.89. The molecule has 4 nitrogen and oxygen atoms in total. The van der Waals surface area contributed by atoms with Gasteiger partial charge in [0.2, 0.25) is 5.91 Å². The van der Waals surface area contributed by atoms with Crippen LogP contribution in [0.25, 0.3) is 0 Å². The van der Waals surface area contributed by atoms with Gasteiger partial charge in [0.15, 0.2) is 0 Å². The van der Waals surface area contributed by atoms with Crippen LogP contribution < -0.4 is 5.73 Å². The lowest BCUT2D eigenvalue weighted by atomic mass is 9.82. The number of nitrogens with zero attached hydrogens (tertiary/aromatic N) is 1. The second-order valence-electron chi connectivity index (χ2n) is 4.01. The number of rotatable bonds is 4. The molecule has 3 N–H and O–H groups in total. The van der Waals surface area contributed by atoms with Gasteiger partial charge in [-0.1, -0.05) is 0 Å². The average molecular weight is 186 g/mol. The van der Waals surface area contributed by atoms with Gasteiger partial charge >= 0.3 is 0 Å². The first-order valence-electron chi connectivity index (χ1n) is 4.68. The molecule has 0 radical (unpaired) electrons. The number of hydrogen-bond acceptors (Lipinski definition) is 3. The van der Waals surface area contributed by atoms with Gasteiger partial charge in [-0.3, -0.25) is 9.69 Å². The minimum Gasteiger partial charge on any atom is -0.393 e. The first-order valence-corrected chi connectivity index (χ1v) is 4.68. The number of amides is 1. The molecule has 1 saturated carbocycles. The highest BCUT2D eigenvalue weighted by Gasteiger charge is 2.29. The summed E-state index contributed by atoms with van der Waals surface area (Å²) in [5.74, 6) is 0.240. The Hall–Kier alpha value is -0.610. The van der Waals surface area contributed by atoms with Crippen LogP contribution in [-0.2, 0) is 4.79 Å². The lowest BCUT2D eigenvalue weighted by Gasteiger charge is -2.35. The van der Waals surface area contributed by atoms with E-state index in [0.29, 0.717) is 5.92 Å². The van der Waals surface area contributed by atoms with Crippen molar-refractivity contribution in [3.63, 3.8) is 0 Å². The highest BCUT2D eigenvalue weighted by atomic mass is 16.3. The van der Waals surface area contributed by atoms with Crippen LogP contribution in [0.2, 0.25) is 0 Å². The molecule has 1 rings (SSSR count). The summed E-state index contributed by atoms with van der Waals surface area (Å²) in [6.07, 6.45) is 1.59. The first kappa shape index (κ1) is 10.5. The number of nitrogens with two attached hydrogens (primary N) is 1. The highest BCUT2D eigenvalue weighted by Crippen LogP contribution is 2.27. The highest BCUT2D eigenvalue weighted by molar-refractivity contribution is 5.79. The minimum atomic E-state index is -0.289. The van der Waals surface area contributed by atoms with E-state index in [0.717, 1.165) is 19.4 Å². The molecule has 0 heterocycles. The first-order chi connectivity index (χ1) is 6.00. The van der Waals surface area contributed by atoms with Crippen molar-refractivity contribution in [2.75, 3.05) is 13.6 Å². The molecule has 1 unspecified atom stereocenters. The van der Waals surface area contributed by atoms with Crippen LogP contribution >= 0.6 is 0 Å². The maximum absolute atomic E-state index is 10.8. The number of primary amides is 1. The Labute approximate surface area is 78.7 Å². The van der Waals surface area contributed by atoms with Crippen LogP contribution in [0.1, 0.15) is 19.8 Å². The summed E-state index contributed by atoms with van der Waals surface area (Å²) in [4.78, 5) is 12.8. The molecular formula is C9H18N2O2. The van der Waals surface area contributed by atoms with Crippen molar-refractivity contribution in [2.45, 2.75) is 31.9 Å². The SMILES string of the molecule is CC(C(N)=O)N(C)CC1CC(O)C1. The second kappa shape index (κ2) is 4.07. The van der Waals surface area contributed by atoms with Gasteiger partial charge in [0, 0.05) is 6.54 Å². The fourth-order valence-electron chi connectivity index (χ4n) is 1.63.